The lowest BCUT2D eigenvalue weighted by Crippen LogP contribution is -2.44. The molecular formula is C25H29N3O3. The van der Waals surface area contributed by atoms with Gasteiger partial charge in [-0.2, -0.15) is 0 Å². The summed E-state index contributed by atoms with van der Waals surface area (Å²) >= 11 is 0. The lowest BCUT2D eigenvalue weighted by Gasteiger charge is -2.31. The molecule has 1 fully saturated rings. The standard InChI is InChI=1S/C25H29N3O3/c1-5-27(16-18(2)3)22(29)14-25(21-9-7-6-8-19(21)4)15-23(30)28(24(25)31)17-20-10-12-26-13-11-20/h6-13H,2,5,14-17H2,1,3-4H3/t25-/m1/s1. The first-order chi connectivity index (χ1) is 14.8. The van der Waals surface area contributed by atoms with Crippen LogP contribution in [0.25, 0.3) is 0 Å². The second kappa shape index (κ2) is 9.25. The number of hydrogen-bond donors (Lipinski definition) is 0. The molecule has 1 aliphatic heterocycles. The zero-order chi connectivity index (χ0) is 22.6. The van der Waals surface area contributed by atoms with Crippen molar-refractivity contribution in [3.05, 3.63) is 77.6 Å². The molecule has 31 heavy (non-hydrogen) atoms. The molecule has 0 unspecified atom stereocenters. The number of likely N-dealkylation sites (tertiary alicyclic amines) is 1. The highest BCUT2D eigenvalue weighted by molar-refractivity contribution is 6.10. The second-order valence-electron chi connectivity index (χ2n) is 8.26. The Morgan fingerprint density at radius 1 is 1.19 bits per heavy atom. The van der Waals surface area contributed by atoms with Crippen LogP contribution in [0, 0.1) is 6.92 Å². The van der Waals surface area contributed by atoms with Gasteiger partial charge < -0.3 is 4.90 Å². The van der Waals surface area contributed by atoms with Crippen molar-refractivity contribution in [2.45, 2.75) is 45.6 Å². The van der Waals surface area contributed by atoms with E-state index in [4.69, 9.17) is 0 Å². The van der Waals surface area contributed by atoms with Gasteiger partial charge in [0.1, 0.15) is 0 Å². The van der Waals surface area contributed by atoms with Gasteiger partial charge in [-0.15, -0.1) is 0 Å². The minimum atomic E-state index is -1.20. The number of rotatable bonds is 8. The normalized spacial score (nSPS) is 18.4. The zero-order valence-electron chi connectivity index (χ0n) is 18.4. The molecule has 2 aromatic rings. The molecule has 3 rings (SSSR count). The predicted molar refractivity (Wildman–Crippen MR) is 119 cm³/mol. The van der Waals surface area contributed by atoms with Gasteiger partial charge in [0.25, 0.3) is 0 Å². The first-order valence-electron chi connectivity index (χ1n) is 10.5. The summed E-state index contributed by atoms with van der Waals surface area (Å²) in [5, 5.41) is 0. The van der Waals surface area contributed by atoms with Crippen LogP contribution in [0.1, 0.15) is 43.4 Å². The molecule has 3 amide bonds. The number of aromatic nitrogens is 1. The minimum Gasteiger partial charge on any atom is -0.339 e. The van der Waals surface area contributed by atoms with E-state index >= 15 is 0 Å². The number of amides is 3. The van der Waals surface area contributed by atoms with Crippen molar-refractivity contribution in [1.29, 1.82) is 0 Å². The number of pyridine rings is 1. The summed E-state index contributed by atoms with van der Waals surface area (Å²) < 4.78 is 0. The third-order valence-corrected chi connectivity index (χ3v) is 5.81. The summed E-state index contributed by atoms with van der Waals surface area (Å²) in [5.41, 5.74) is 2.12. The van der Waals surface area contributed by atoms with Crippen LogP contribution < -0.4 is 0 Å². The maximum Gasteiger partial charge on any atom is 0.241 e. The van der Waals surface area contributed by atoms with Gasteiger partial charge in [-0.1, -0.05) is 36.4 Å². The van der Waals surface area contributed by atoms with Crippen LogP contribution in [-0.4, -0.2) is 45.6 Å². The van der Waals surface area contributed by atoms with E-state index in [9.17, 15) is 14.4 Å². The SMILES string of the molecule is C=C(C)CN(CC)C(=O)C[C@]1(c2ccccc2C)CC(=O)N(Cc2ccncc2)C1=O. The Bertz CT molecular complexity index is 1000. The molecule has 162 valence electrons. The van der Waals surface area contributed by atoms with Crippen molar-refractivity contribution in [3.63, 3.8) is 0 Å². The predicted octanol–water partition coefficient (Wildman–Crippen LogP) is 3.40. The number of carbonyl (C=O) groups excluding carboxylic acids is 3. The van der Waals surface area contributed by atoms with Crippen LogP contribution >= 0.6 is 0 Å². The molecule has 6 heteroatoms. The van der Waals surface area contributed by atoms with Crippen molar-refractivity contribution >= 4 is 17.7 Å². The van der Waals surface area contributed by atoms with Gasteiger partial charge in [0.05, 0.1) is 12.0 Å². The van der Waals surface area contributed by atoms with Gasteiger partial charge in [0.15, 0.2) is 0 Å². The maximum absolute atomic E-state index is 13.8. The molecule has 1 saturated heterocycles. The number of imide groups is 1. The van der Waals surface area contributed by atoms with Crippen LogP contribution in [-0.2, 0) is 26.3 Å². The van der Waals surface area contributed by atoms with Crippen molar-refractivity contribution in [1.82, 2.24) is 14.8 Å². The zero-order valence-corrected chi connectivity index (χ0v) is 18.4. The quantitative estimate of drug-likeness (QED) is 0.486. The summed E-state index contributed by atoms with van der Waals surface area (Å²) in [7, 11) is 0. The van der Waals surface area contributed by atoms with E-state index in [2.05, 4.69) is 11.6 Å². The Kier molecular flexibility index (Phi) is 6.68. The topological polar surface area (TPSA) is 70.6 Å². The van der Waals surface area contributed by atoms with E-state index in [1.165, 1.54) is 4.90 Å². The molecule has 1 aromatic carbocycles. The average Bonchev–Trinajstić information content (AvgIpc) is 2.97. The number of benzene rings is 1. The van der Waals surface area contributed by atoms with Crippen LogP contribution in [0.4, 0.5) is 0 Å². The van der Waals surface area contributed by atoms with Crippen LogP contribution in [0.15, 0.2) is 60.9 Å². The van der Waals surface area contributed by atoms with Crippen molar-refractivity contribution in [3.8, 4) is 0 Å². The Labute approximate surface area is 183 Å². The van der Waals surface area contributed by atoms with Crippen molar-refractivity contribution < 1.29 is 14.4 Å². The van der Waals surface area contributed by atoms with Gasteiger partial charge in [0.2, 0.25) is 17.7 Å². The van der Waals surface area contributed by atoms with E-state index in [0.717, 1.165) is 22.3 Å². The van der Waals surface area contributed by atoms with Crippen LogP contribution in [0.5, 0.6) is 0 Å². The summed E-state index contributed by atoms with van der Waals surface area (Å²) in [6, 6.07) is 11.1. The molecule has 0 aliphatic carbocycles. The van der Waals surface area contributed by atoms with E-state index in [-0.39, 0.29) is 37.1 Å². The number of aryl methyl sites for hydroxylation is 1. The van der Waals surface area contributed by atoms with Crippen LogP contribution in [0.2, 0.25) is 0 Å². The Morgan fingerprint density at radius 2 is 1.87 bits per heavy atom. The lowest BCUT2D eigenvalue weighted by molar-refractivity contribution is -0.143. The molecule has 1 atom stereocenters. The third-order valence-electron chi connectivity index (χ3n) is 5.81. The van der Waals surface area contributed by atoms with Crippen molar-refractivity contribution in [2.75, 3.05) is 13.1 Å². The van der Waals surface area contributed by atoms with Gasteiger partial charge in [-0.3, -0.25) is 24.3 Å². The Morgan fingerprint density at radius 3 is 2.48 bits per heavy atom. The van der Waals surface area contributed by atoms with Gasteiger partial charge in [0, 0.05) is 38.3 Å². The molecule has 0 saturated carbocycles. The fourth-order valence-electron chi connectivity index (χ4n) is 4.26. The fraction of sp³-hybridized carbons (Fsp3) is 0.360. The second-order valence-corrected chi connectivity index (χ2v) is 8.26. The Balaban J connectivity index is 2.00. The molecule has 0 radical (unpaired) electrons. The monoisotopic (exact) mass is 419 g/mol. The lowest BCUT2D eigenvalue weighted by atomic mass is 9.74. The van der Waals surface area contributed by atoms with Gasteiger partial charge in [-0.05, 0) is 49.6 Å². The highest BCUT2D eigenvalue weighted by Gasteiger charge is 2.54. The van der Waals surface area contributed by atoms with E-state index in [0.29, 0.717) is 13.1 Å². The molecular weight excluding hydrogens is 390 g/mol. The molecule has 1 aliphatic rings. The van der Waals surface area contributed by atoms with Crippen molar-refractivity contribution in [2.24, 2.45) is 0 Å². The summed E-state index contributed by atoms with van der Waals surface area (Å²) in [4.78, 5) is 47.0. The number of likely N-dealkylation sites (N-methyl/N-ethyl adjacent to an activating group) is 1. The first kappa shape index (κ1) is 22.4. The molecule has 2 heterocycles. The number of hydrogen-bond acceptors (Lipinski definition) is 4. The average molecular weight is 420 g/mol. The largest absolute Gasteiger partial charge is 0.339 e. The molecule has 1 aromatic heterocycles. The van der Waals surface area contributed by atoms with E-state index < -0.39 is 5.41 Å². The Hall–Kier alpha value is -3.28. The molecule has 6 nitrogen and oxygen atoms in total. The highest BCUT2D eigenvalue weighted by Crippen LogP contribution is 2.42. The van der Waals surface area contributed by atoms with Gasteiger partial charge >= 0.3 is 0 Å². The van der Waals surface area contributed by atoms with Crippen LogP contribution in [0.3, 0.4) is 0 Å². The van der Waals surface area contributed by atoms with E-state index in [1.54, 1.807) is 29.4 Å². The summed E-state index contributed by atoms with van der Waals surface area (Å²) in [6.45, 7) is 10.7. The summed E-state index contributed by atoms with van der Waals surface area (Å²) in [5.74, 6) is -0.732. The summed E-state index contributed by atoms with van der Waals surface area (Å²) in [6.07, 6.45) is 3.21. The highest BCUT2D eigenvalue weighted by atomic mass is 16.2. The smallest absolute Gasteiger partial charge is 0.241 e. The number of nitrogens with zero attached hydrogens (tertiary/aromatic N) is 3. The fourth-order valence-corrected chi connectivity index (χ4v) is 4.26. The molecule has 0 N–H and O–H groups in total. The number of carbonyl (C=O) groups is 3. The van der Waals surface area contributed by atoms with Gasteiger partial charge in [-0.25, -0.2) is 0 Å². The maximum atomic E-state index is 13.8. The third kappa shape index (κ3) is 4.58. The van der Waals surface area contributed by atoms with E-state index in [1.807, 2.05) is 45.0 Å². The first-order valence-corrected chi connectivity index (χ1v) is 10.5. The molecule has 0 spiro atoms. The minimum absolute atomic E-state index is 0.0157. The molecule has 0 bridgehead atoms.